The highest BCUT2D eigenvalue weighted by Crippen LogP contribution is 2.40. The molecule has 0 spiro atoms. The Kier molecular flexibility index (Phi) is 4.46. The van der Waals surface area contributed by atoms with Gasteiger partial charge >= 0.3 is 6.18 Å². The van der Waals surface area contributed by atoms with Crippen LogP contribution < -0.4 is 10.2 Å². The Morgan fingerprint density at radius 2 is 1.81 bits per heavy atom. The predicted molar refractivity (Wildman–Crippen MR) is 96.4 cm³/mol. The van der Waals surface area contributed by atoms with Gasteiger partial charge in [0.2, 0.25) is 0 Å². The van der Waals surface area contributed by atoms with Crippen LogP contribution >= 0.6 is 0 Å². The topological polar surface area (TPSA) is 24.5 Å². The number of anilines is 2. The molecule has 6 heteroatoms. The van der Waals surface area contributed by atoms with Gasteiger partial charge in [0, 0.05) is 24.5 Å². The summed E-state index contributed by atoms with van der Waals surface area (Å²) in [5.74, 6) is 0. The average Bonchev–Trinajstić information content (AvgIpc) is 2.79. The second-order valence-electron chi connectivity index (χ2n) is 6.47. The fourth-order valence-corrected chi connectivity index (χ4v) is 3.42. The van der Waals surface area contributed by atoms with E-state index >= 15 is 0 Å². The number of morpholine rings is 1. The number of benzene rings is 2. The normalized spacial score (nSPS) is 19.7. The largest absolute Gasteiger partial charge is 0.416 e. The van der Waals surface area contributed by atoms with E-state index in [1.165, 1.54) is 12.1 Å². The summed E-state index contributed by atoms with van der Waals surface area (Å²) in [6.45, 7) is 2.57. The minimum Gasteiger partial charge on any atom is -0.374 e. The first-order valence-electron chi connectivity index (χ1n) is 8.60. The lowest BCUT2D eigenvalue weighted by atomic mass is 10.1. The van der Waals surface area contributed by atoms with Crippen molar-refractivity contribution in [3.63, 3.8) is 0 Å². The molecule has 4 rings (SSSR count). The quantitative estimate of drug-likeness (QED) is 0.863. The van der Waals surface area contributed by atoms with E-state index in [2.05, 4.69) is 5.32 Å². The monoisotopic (exact) mass is 360 g/mol. The molecular formula is C20H19F3N2O. The molecule has 2 heterocycles. The second kappa shape index (κ2) is 6.78. The summed E-state index contributed by atoms with van der Waals surface area (Å²) < 4.78 is 45.6. The summed E-state index contributed by atoms with van der Waals surface area (Å²) in [7, 11) is 0. The van der Waals surface area contributed by atoms with Crippen molar-refractivity contribution in [3.8, 4) is 0 Å². The van der Waals surface area contributed by atoms with E-state index in [1.807, 2.05) is 41.3 Å². The zero-order valence-corrected chi connectivity index (χ0v) is 14.1. The van der Waals surface area contributed by atoms with Crippen LogP contribution in [-0.2, 0) is 10.9 Å². The molecule has 2 aliphatic rings. The number of nitrogens with one attached hydrogen (secondary N) is 1. The molecule has 2 aromatic carbocycles. The Bertz CT molecular complexity index is 826. The van der Waals surface area contributed by atoms with Crippen LogP contribution in [0.4, 0.5) is 24.5 Å². The first-order valence-corrected chi connectivity index (χ1v) is 8.60. The number of para-hydroxylation sites is 1. The summed E-state index contributed by atoms with van der Waals surface area (Å²) in [5, 5.41) is 3.28. The Morgan fingerprint density at radius 1 is 1.04 bits per heavy atom. The number of nitrogens with zero attached hydrogens (tertiary/aromatic N) is 1. The van der Waals surface area contributed by atoms with Gasteiger partial charge in [0.1, 0.15) is 0 Å². The van der Waals surface area contributed by atoms with E-state index < -0.39 is 11.7 Å². The van der Waals surface area contributed by atoms with Crippen molar-refractivity contribution in [1.82, 2.24) is 5.32 Å². The van der Waals surface area contributed by atoms with Gasteiger partial charge in [-0.05, 0) is 29.3 Å². The number of fused-ring (bicyclic) bond motifs is 2. The fourth-order valence-electron chi connectivity index (χ4n) is 3.42. The molecule has 1 saturated heterocycles. The van der Waals surface area contributed by atoms with Gasteiger partial charge in [-0.3, -0.25) is 0 Å². The fraction of sp³-hybridized carbons (Fsp3) is 0.300. The van der Waals surface area contributed by atoms with Gasteiger partial charge in [0.25, 0.3) is 0 Å². The van der Waals surface area contributed by atoms with E-state index in [0.717, 1.165) is 29.4 Å². The number of rotatable bonds is 2. The van der Waals surface area contributed by atoms with Crippen molar-refractivity contribution in [2.45, 2.75) is 12.3 Å². The van der Waals surface area contributed by atoms with Crippen molar-refractivity contribution >= 4 is 23.5 Å². The highest BCUT2D eigenvalue weighted by atomic mass is 19.4. The highest BCUT2D eigenvalue weighted by Gasteiger charge is 2.32. The molecule has 0 amide bonds. The van der Waals surface area contributed by atoms with Crippen LogP contribution in [0.15, 0.2) is 42.5 Å². The summed E-state index contributed by atoms with van der Waals surface area (Å²) in [6.07, 6.45) is -0.647. The van der Waals surface area contributed by atoms with Crippen LogP contribution in [0.3, 0.4) is 0 Å². The van der Waals surface area contributed by atoms with E-state index in [9.17, 15) is 13.2 Å². The molecule has 0 aromatic heterocycles. The maximum atomic E-state index is 13.3. The van der Waals surface area contributed by atoms with Crippen molar-refractivity contribution in [1.29, 1.82) is 0 Å². The van der Waals surface area contributed by atoms with Gasteiger partial charge in [0.15, 0.2) is 0 Å². The molecule has 0 radical (unpaired) electrons. The number of hydrogen-bond donors (Lipinski definition) is 1. The van der Waals surface area contributed by atoms with Crippen LogP contribution in [0.2, 0.25) is 0 Å². The Hall–Kier alpha value is -2.31. The van der Waals surface area contributed by atoms with Crippen molar-refractivity contribution in [2.24, 2.45) is 0 Å². The van der Waals surface area contributed by atoms with E-state index in [-0.39, 0.29) is 6.10 Å². The van der Waals surface area contributed by atoms with Gasteiger partial charge in [-0.2, -0.15) is 13.2 Å². The zero-order chi connectivity index (χ0) is 18.1. The molecule has 2 aliphatic heterocycles. The van der Waals surface area contributed by atoms with Crippen LogP contribution in [0, 0.1) is 0 Å². The standard InChI is InChI=1S/C20H19F3N2O/c21-20(22,23)16-8-7-15-6-5-14-3-1-2-4-18(14)25(19(15)11-16)13-17-12-24-9-10-26-17/h1-8,11,17,24H,9-10,12-13H2. The SMILES string of the molecule is FC(F)(F)c1ccc2c(c1)N(CC1CNCCO1)c1ccccc1C=C2. The predicted octanol–water partition coefficient (Wildman–Crippen LogP) is 4.32. The van der Waals surface area contributed by atoms with Crippen LogP contribution in [0.25, 0.3) is 12.2 Å². The number of hydrogen-bond acceptors (Lipinski definition) is 3. The lowest BCUT2D eigenvalue weighted by molar-refractivity contribution is -0.137. The molecule has 0 aliphatic carbocycles. The van der Waals surface area contributed by atoms with Gasteiger partial charge in [-0.25, -0.2) is 0 Å². The van der Waals surface area contributed by atoms with Crippen LogP contribution in [-0.4, -0.2) is 32.3 Å². The van der Waals surface area contributed by atoms with Crippen LogP contribution in [0.5, 0.6) is 0 Å². The first-order chi connectivity index (χ1) is 12.5. The third-order valence-corrected chi connectivity index (χ3v) is 4.71. The highest BCUT2D eigenvalue weighted by molar-refractivity contribution is 5.89. The van der Waals surface area contributed by atoms with Gasteiger partial charge in [-0.1, -0.05) is 36.4 Å². The Labute approximate surface area is 150 Å². The molecule has 3 nitrogen and oxygen atoms in total. The summed E-state index contributed by atoms with van der Waals surface area (Å²) in [6, 6.07) is 11.6. The molecular weight excluding hydrogens is 341 g/mol. The number of ether oxygens (including phenoxy) is 1. The lowest BCUT2D eigenvalue weighted by Crippen LogP contribution is -2.44. The molecule has 0 bridgehead atoms. The minimum absolute atomic E-state index is 0.0858. The van der Waals surface area contributed by atoms with Crippen molar-refractivity contribution in [3.05, 3.63) is 59.2 Å². The molecule has 1 fully saturated rings. The maximum absolute atomic E-state index is 13.3. The van der Waals surface area contributed by atoms with Gasteiger partial charge < -0.3 is 15.0 Å². The molecule has 136 valence electrons. The second-order valence-corrected chi connectivity index (χ2v) is 6.47. The first kappa shape index (κ1) is 17.1. The molecule has 0 saturated carbocycles. The van der Waals surface area contributed by atoms with Crippen molar-refractivity contribution in [2.75, 3.05) is 31.1 Å². The summed E-state index contributed by atoms with van der Waals surface area (Å²) >= 11 is 0. The molecule has 1 N–H and O–H groups in total. The zero-order valence-electron chi connectivity index (χ0n) is 14.1. The summed E-state index contributed by atoms with van der Waals surface area (Å²) in [4.78, 5) is 1.94. The lowest BCUT2D eigenvalue weighted by Gasteiger charge is -2.33. The number of halogens is 3. The van der Waals surface area contributed by atoms with Gasteiger partial charge in [-0.15, -0.1) is 0 Å². The van der Waals surface area contributed by atoms with Gasteiger partial charge in [0.05, 0.1) is 24.8 Å². The smallest absolute Gasteiger partial charge is 0.374 e. The van der Waals surface area contributed by atoms with Crippen molar-refractivity contribution < 1.29 is 17.9 Å². The maximum Gasteiger partial charge on any atom is 0.416 e. The molecule has 2 aromatic rings. The van der Waals surface area contributed by atoms with Crippen LogP contribution in [0.1, 0.15) is 16.7 Å². The van der Waals surface area contributed by atoms with E-state index in [0.29, 0.717) is 25.4 Å². The summed E-state index contributed by atoms with van der Waals surface area (Å²) in [5.41, 5.74) is 2.53. The third-order valence-electron chi connectivity index (χ3n) is 4.71. The minimum atomic E-state index is -4.38. The molecule has 1 atom stereocenters. The van der Waals surface area contributed by atoms with E-state index in [4.69, 9.17) is 4.74 Å². The molecule has 1 unspecified atom stereocenters. The number of alkyl halides is 3. The Balaban J connectivity index is 1.80. The average molecular weight is 360 g/mol. The molecule has 26 heavy (non-hydrogen) atoms. The Morgan fingerprint density at radius 3 is 2.54 bits per heavy atom. The third kappa shape index (κ3) is 3.34. The van der Waals surface area contributed by atoms with E-state index in [1.54, 1.807) is 0 Å².